The van der Waals surface area contributed by atoms with Gasteiger partial charge in [-0.2, -0.15) is 0 Å². The first-order valence-electron chi connectivity index (χ1n) is 8.19. The number of thiocarbonyl (C=S) groups is 1. The number of rotatable bonds is 2. The van der Waals surface area contributed by atoms with Crippen LogP contribution in [-0.2, 0) is 14.3 Å². The van der Waals surface area contributed by atoms with Crippen LogP contribution in [0.4, 0.5) is 5.69 Å². The fourth-order valence-electron chi connectivity index (χ4n) is 3.14. The summed E-state index contributed by atoms with van der Waals surface area (Å²) >= 11 is 16.3. The number of ether oxygens (including phenoxy) is 1. The highest BCUT2D eigenvalue weighted by molar-refractivity contribution is 9.10. The predicted octanol–water partition coefficient (Wildman–Crippen LogP) is 3.86. The zero-order chi connectivity index (χ0) is 19.0. The molecule has 0 aliphatic carbocycles. The fourth-order valence-corrected chi connectivity index (χ4v) is 5.36. The maximum Gasteiger partial charge on any atom is 0.247 e. The van der Waals surface area contributed by atoms with Crippen molar-refractivity contribution in [3.8, 4) is 0 Å². The summed E-state index contributed by atoms with van der Waals surface area (Å²) in [5.41, 5.74) is 0.410. The van der Waals surface area contributed by atoms with Gasteiger partial charge in [0, 0.05) is 24.0 Å². The van der Waals surface area contributed by atoms with Gasteiger partial charge in [0.05, 0.1) is 22.9 Å². The van der Waals surface area contributed by atoms with Gasteiger partial charge in [0.1, 0.15) is 9.57 Å². The van der Waals surface area contributed by atoms with Gasteiger partial charge in [0.2, 0.25) is 11.8 Å². The highest BCUT2D eigenvalue weighted by Gasteiger charge is 2.42. The average Bonchev–Trinajstić information content (AvgIpc) is 2.81. The van der Waals surface area contributed by atoms with Crippen molar-refractivity contribution in [3.63, 3.8) is 0 Å². The Balaban J connectivity index is 1.71. The number of hydrogen-bond acceptors (Lipinski definition) is 5. The largest absolute Gasteiger partial charge is 0.372 e. The van der Waals surface area contributed by atoms with E-state index in [0.29, 0.717) is 28.1 Å². The van der Waals surface area contributed by atoms with Crippen molar-refractivity contribution < 1.29 is 14.3 Å². The molecule has 140 valence electrons. The average molecular weight is 478 g/mol. The number of thioether (sulfide) groups is 1. The van der Waals surface area contributed by atoms with Crippen LogP contribution in [0, 0.1) is 0 Å². The van der Waals surface area contributed by atoms with E-state index in [9.17, 15) is 9.59 Å². The van der Waals surface area contributed by atoms with E-state index in [1.165, 1.54) is 16.7 Å². The smallest absolute Gasteiger partial charge is 0.247 e. The van der Waals surface area contributed by atoms with E-state index < -0.39 is 5.25 Å². The molecule has 3 atom stereocenters. The lowest BCUT2D eigenvalue weighted by Crippen LogP contribution is -2.47. The second-order valence-electron chi connectivity index (χ2n) is 6.40. The normalized spacial score (nSPS) is 26.5. The Bertz CT molecular complexity index is 754. The first-order chi connectivity index (χ1) is 12.3. The third kappa shape index (κ3) is 4.25. The Labute approximate surface area is 175 Å². The van der Waals surface area contributed by atoms with Gasteiger partial charge in [-0.05, 0) is 32.0 Å². The highest BCUT2D eigenvalue weighted by Crippen LogP contribution is 2.36. The predicted molar refractivity (Wildman–Crippen MR) is 112 cm³/mol. The van der Waals surface area contributed by atoms with E-state index in [-0.39, 0.29) is 30.4 Å². The van der Waals surface area contributed by atoms with E-state index in [1.807, 2.05) is 18.7 Å². The fraction of sp³-hybridized carbons (Fsp3) is 0.471. The number of benzene rings is 1. The molecule has 1 aromatic rings. The van der Waals surface area contributed by atoms with Crippen LogP contribution in [0.1, 0.15) is 20.3 Å². The third-order valence-corrected chi connectivity index (χ3v) is 6.63. The van der Waals surface area contributed by atoms with Crippen molar-refractivity contribution in [2.75, 3.05) is 18.0 Å². The molecule has 2 aliphatic heterocycles. The first-order valence-corrected chi connectivity index (χ1v) is 10.6. The first kappa shape index (κ1) is 20.1. The van der Waals surface area contributed by atoms with Gasteiger partial charge < -0.3 is 9.64 Å². The Kier molecular flexibility index (Phi) is 6.29. The number of morpholine rings is 1. The number of imide groups is 1. The SMILES string of the molecule is C[C@@H]1CN(C(=S)S[C@H]2CC(=O)N(c3ccc(Br)cc3Cl)C2=O)C[C@H](C)O1. The van der Waals surface area contributed by atoms with Crippen molar-refractivity contribution in [3.05, 3.63) is 27.7 Å². The van der Waals surface area contributed by atoms with Crippen molar-refractivity contribution in [1.82, 2.24) is 4.90 Å². The molecule has 9 heteroatoms. The minimum Gasteiger partial charge on any atom is -0.372 e. The molecule has 3 rings (SSSR count). The Morgan fingerprint density at radius 3 is 2.58 bits per heavy atom. The van der Waals surface area contributed by atoms with Gasteiger partial charge >= 0.3 is 0 Å². The summed E-state index contributed by atoms with van der Waals surface area (Å²) in [6.45, 7) is 5.37. The van der Waals surface area contributed by atoms with Crippen LogP contribution in [0.25, 0.3) is 0 Å². The number of carbonyl (C=O) groups excluding carboxylic acids is 2. The van der Waals surface area contributed by atoms with E-state index >= 15 is 0 Å². The minimum atomic E-state index is -0.525. The van der Waals surface area contributed by atoms with Crippen molar-refractivity contribution >= 4 is 73.3 Å². The molecule has 0 aromatic heterocycles. The quantitative estimate of drug-likeness (QED) is 0.476. The molecule has 0 radical (unpaired) electrons. The lowest BCUT2D eigenvalue weighted by molar-refractivity contribution is -0.121. The van der Waals surface area contributed by atoms with Crippen molar-refractivity contribution in [2.45, 2.75) is 37.7 Å². The lowest BCUT2D eigenvalue weighted by atomic mass is 10.2. The van der Waals surface area contributed by atoms with Crippen LogP contribution in [0.15, 0.2) is 22.7 Å². The number of nitrogens with zero attached hydrogens (tertiary/aromatic N) is 2. The highest BCUT2D eigenvalue weighted by atomic mass is 79.9. The zero-order valence-corrected chi connectivity index (χ0v) is 18.3. The minimum absolute atomic E-state index is 0.0799. The van der Waals surface area contributed by atoms with Gasteiger partial charge in [-0.25, -0.2) is 4.90 Å². The maximum atomic E-state index is 12.8. The molecule has 2 fully saturated rings. The number of halogens is 2. The number of amides is 2. The molecule has 26 heavy (non-hydrogen) atoms. The van der Waals surface area contributed by atoms with E-state index in [2.05, 4.69) is 15.9 Å². The summed E-state index contributed by atoms with van der Waals surface area (Å²) in [7, 11) is 0. The topological polar surface area (TPSA) is 49.9 Å². The molecule has 1 aromatic carbocycles. The number of carbonyl (C=O) groups is 2. The van der Waals surface area contributed by atoms with Crippen LogP contribution in [0.3, 0.4) is 0 Å². The summed E-state index contributed by atoms with van der Waals surface area (Å²) < 4.78 is 7.13. The molecule has 2 saturated heterocycles. The summed E-state index contributed by atoms with van der Waals surface area (Å²) in [6.07, 6.45) is 0.276. The van der Waals surface area contributed by atoms with Gasteiger partial charge in [0.15, 0.2) is 0 Å². The molecule has 2 amide bonds. The van der Waals surface area contributed by atoms with Gasteiger partial charge in [-0.1, -0.05) is 51.5 Å². The molecule has 0 bridgehead atoms. The zero-order valence-electron chi connectivity index (χ0n) is 14.3. The van der Waals surface area contributed by atoms with E-state index in [4.69, 9.17) is 28.6 Å². The summed E-state index contributed by atoms with van der Waals surface area (Å²) in [6, 6.07) is 5.08. The van der Waals surface area contributed by atoms with E-state index in [0.717, 1.165) is 4.47 Å². The molecular formula is C17H18BrClN2O3S2. The second kappa shape index (κ2) is 8.14. The monoisotopic (exact) mass is 476 g/mol. The molecule has 0 saturated carbocycles. The lowest BCUT2D eigenvalue weighted by Gasteiger charge is -2.36. The molecule has 0 unspecified atom stereocenters. The Morgan fingerprint density at radius 2 is 1.96 bits per heavy atom. The summed E-state index contributed by atoms with van der Waals surface area (Å²) in [5.74, 6) is -0.538. The van der Waals surface area contributed by atoms with Crippen LogP contribution in [-0.4, -0.2) is 51.6 Å². The van der Waals surface area contributed by atoms with Gasteiger partial charge in [0.25, 0.3) is 0 Å². The molecular weight excluding hydrogens is 460 g/mol. The van der Waals surface area contributed by atoms with Crippen LogP contribution in [0.2, 0.25) is 5.02 Å². The Hall–Kier alpha value is -0.670. The van der Waals surface area contributed by atoms with Crippen LogP contribution < -0.4 is 4.90 Å². The number of hydrogen-bond donors (Lipinski definition) is 0. The van der Waals surface area contributed by atoms with Crippen molar-refractivity contribution in [2.24, 2.45) is 0 Å². The molecule has 5 nitrogen and oxygen atoms in total. The van der Waals surface area contributed by atoms with Gasteiger partial charge in [-0.15, -0.1) is 0 Å². The molecule has 2 heterocycles. The van der Waals surface area contributed by atoms with Crippen LogP contribution in [0.5, 0.6) is 0 Å². The standard InChI is InChI=1S/C17H18BrClN2O3S2/c1-9-7-20(8-10(2)24-9)17(25)26-14-6-15(22)21(16(14)23)13-4-3-11(18)5-12(13)19/h3-5,9-10,14H,6-8H2,1-2H3/t9-,10+,14-/m0/s1. The maximum absolute atomic E-state index is 12.8. The Morgan fingerprint density at radius 1 is 1.31 bits per heavy atom. The van der Waals surface area contributed by atoms with Crippen LogP contribution >= 0.6 is 51.5 Å². The second-order valence-corrected chi connectivity index (χ2v) is 9.56. The number of anilines is 1. The third-order valence-electron chi connectivity index (χ3n) is 4.18. The molecule has 0 N–H and O–H groups in total. The van der Waals surface area contributed by atoms with E-state index in [1.54, 1.807) is 18.2 Å². The molecule has 0 spiro atoms. The van der Waals surface area contributed by atoms with Crippen molar-refractivity contribution in [1.29, 1.82) is 0 Å². The molecule has 2 aliphatic rings. The summed E-state index contributed by atoms with van der Waals surface area (Å²) in [5, 5.41) is -0.173. The summed E-state index contributed by atoms with van der Waals surface area (Å²) in [4.78, 5) is 28.5. The van der Waals surface area contributed by atoms with Gasteiger partial charge in [-0.3, -0.25) is 9.59 Å².